The van der Waals surface area contributed by atoms with Crippen molar-refractivity contribution in [1.82, 2.24) is 0 Å². The van der Waals surface area contributed by atoms with Gasteiger partial charge in [0.1, 0.15) is 5.82 Å². The molecule has 0 saturated carbocycles. The van der Waals surface area contributed by atoms with E-state index in [1.165, 1.54) is 17.2 Å². The molecule has 20 heavy (non-hydrogen) atoms. The standard InChI is InChI=1S/C18H22FN/c1-4-5-15-7-9-16(10-8-15)14(3)20-18-12-17(19)11-6-13(18)2/h6-12,14,20H,4-5H2,1-3H3. The van der Waals surface area contributed by atoms with E-state index in [9.17, 15) is 4.39 Å². The summed E-state index contributed by atoms with van der Waals surface area (Å²) in [6.07, 6.45) is 2.28. The van der Waals surface area contributed by atoms with Crippen LogP contribution < -0.4 is 5.32 Å². The van der Waals surface area contributed by atoms with E-state index >= 15 is 0 Å². The molecule has 0 aliphatic carbocycles. The van der Waals surface area contributed by atoms with Gasteiger partial charge in [-0.25, -0.2) is 4.39 Å². The van der Waals surface area contributed by atoms with Crippen molar-refractivity contribution in [2.75, 3.05) is 5.32 Å². The van der Waals surface area contributed by atoms with E-state index in [4.69, 9.17) is 0 Å². The number of anilines is 1. The van der Waals surface area contributed by atoms with Gasteiger partial charge in [-0.15, -0.1) is 0 Å². The molecule has 0 spiro atoms. The number of hydrogen-bond acceptors (Lipinski definition) is 1. The van der Waals surface area contributed by atoms with Crippen LogP contribution in [0.3, 0.4) is 0 Å². The van der Waals surface area contributed by atoms with Crippen molar-refractivity contribution < 1.29 is 4.39 Å². The lowest BCUT2D eigenvalue weighted by molar-refractivity contribution is 0.627. The molecule has 106 valence electrons. The highest BCUT2D eigenvalue weighted by atomic mass is 19.1. The van der Waals surface area contributed by atoms with Crippen molar-refractivity contribution in [3.63, 3.8) is 0 Å². The van der Waals surface area contributed by atoms with Crippen LogP contribution in [0.2, 0.25) is 0 Å². The lowest BCUT2D eigenvalue weighted by atomic mass is 10.0. The van der Waals surface area contributed by atoms with E-state index in [2.05, 4.69) is 43.4 Å². The van der Waals surface area contributed by atoms with E-state index in [0.717, 1.165) is 24.1 Å². The van der Waals surface area contributed by atoms with Crippen LogP contribution in [-0.4, -0.2) is 0 Å². The first-order chi connectivity index (χ1) is 9.60. The summed E-state index contributed by atoms with van der Waals surface area (Å²) in [4.78, 5) is 0. The first-order valence-electron chi connectivity index (χ1n) is 7.21. The third-order valence-electron chi connectivity index (χ3n) is 3.59. The number of benzene rings is 2. The van der Waals surface area contributed by atoms with Crippen molar-refractivity contribution in [3.05, 3.63) is 65.0 Å². The summed E-state index contributed by atoms with van der Waals surface area (Å²) in [7, 11) is 0. The first-order valence-corrected chi connectivity index (χ1v) is 7.21. The molecular formula is C18H22FN. The largest absolute Gasteiger partial charge is 0.378 e. The molecule has 1 N–H and O–H groups in total. The van der Waals surface area contributed by atoms with Crippen molar-refractivity contribution in [3.8, 4) is 0 Å². The molecule has 0 radical (unpaired) electrons. The Bertz CT molecular complexity index is 560. The normalized spacial score (nSPS) is 12.2. The van der Waals surface area contributed by atoms with Crippen LogP contribution >= 0.6 is 0 Å². The van der Waals surface area contributed by atoms with Gasteiger partial charge >= 0.3 is 0 Å². The minimum atomic E-state index is -0.205. The van der Waals surface area contributed by atoms with Crippen LogP contribution in [0.15, 0.2) is 42.5 Å². The van der Waals surface area contributed by atoms with Crippen LogP contribution in [0.4, 0.5) is 10.1 Å². The molecule has 0 saturated heterocycles. The fourth-order valence-corrected chi connectivity index (χ4v) is 2.33. The van der Waals surface area contributed by atoms with Crippen molar-refractivity contribution >= 4 is 5.69 Å². The van der Waals surface area contributed by atoms with Gasteiger partial charge in [0.25, 0.3) is 0 Å². The Balaban J connectivity index is 2.11. The molecule has 2 aromatic carbocycles. The molecule has 1 nitrogen and oxygen atoms in total. The number of aryl methyl sites for hydroxylation is 2. The smallest absolute Gasteiger partial charge is 0.125 e. The SMILES string of the molecule is CCCc1ccc(C(C)Nc2cc(F)ccc2C)cc1. The van der Waals surface area contributed by atoms with Crippen LogP contribution in [0, 0.1) is 12.7 Å². The maximum absolute atomic E-state index is 13.3. The van der Waals surface area contributed by atoms with Crippen LogP contribution in [0.25, 0.3) is 0 Å². The second-order valence-corrected chi connectivity index (χ2v) is 5.32. The van der Waals surface area contributed by atoms with E-state index in [0.29, 0.717) is 0 Å². The average Bonchev–Trinajstić information content (AvgIpc) is 2.44. The monoisotopic (exact) mass is 271 g/mol. The van der Waals surface area contributed by atoms with Crippen LogP contribution in [0.1, 0.15) is 43.0 Å². The van der Waals surface area contributed by atoms with Gasteiger partial charge in [-0.1, -0.05) is 43.7 Å². The van der Waals surface area contributed by atoms with E-state index in [1.807, 2.05) is 6.92 Å². The third-order valence-corrected chi connectivity index (χ3v) is 3.59. The van der Waals surface area contributed by atoms with Gasteiger partial charge < -0.3 is 5.32 Å². The Kier molecular flexibility index (Phi) is 4.78. The van der Waals surface area contributed by atoms with Crippen molar-refractivity contribution in [2.45, 2.75) is 39.7 Å². The van der Waals surface area contributed by atoms with Gasteiger partial charge in [0, 0.05) is 11.7 Å². The number of halogens is 1. The Morgan fingerprint density at radius 2 is 1.80 bits per heavy atom. The molecule has 0 aliphatic heterocycles. The first kappa shape index (κ1) is 14.6. The zero-order valence-corrected chi connectivity index (χ0v) is 12.4. The molecular weight excluding hydrogens is 249 g/mol. The zero-order chi connectivity index (χ0) is 14.5. The summed E-state index contributed by atoms with van der Waals surface area (Å²) in [5.74, 6) is -0.205. The summed E-state index contributed by atoms with van der Waals surface area (Å²) >= 11 is 0. The molecule has 0 aromatic heterocycles. The molecule has 0 aliphatic rings. The molecule has 1 atom stereocenters. The molecule has 0 fully saturated rings. The molecule has 0 bridgehead atoms. The molecule has 2 heteroatoms. The molecule has 0 amide bonds. The van der Waals surface area contributed by atoms with Gasteiger partial charge in [0.2, 0.25) is 0 Å². The highest BCUT2D eigenvalue weighted by molar-refractivity contribution is 5.52. The fourth-order valence-electron chi connectivity index (χ4n) is 2.33. The summed E-state index contributed by atoms with van der Waals surface area (Å²) in [5, 5.41) is 3.38. The van der Waals surface area contributed by atoms with E-state index in [1.54, 1.807) is 12.1 Å². The molecule has 2 aromatic rings. The van der Waals surface area contributed by atoms with E-state index in [-0.39, 0.29) is 11.9 Å². The summed E-state index contributed by atoms with van der Waals surface area (Å²) in [5.41, 5.74) is 4.50. The number of rotatable bonds is 5. The van der Waals surface area contributed by atoms with Gasteiger partial charge in [-0.3, -0.25) is 0 Å². The highest BCUT2D eigenvalue weighted by Gasteiger charge is 2.07. The van der Waals surface area contributed by atoms with Crippen LogP contribution in [0.5, 0.6) is 0 Å². The Morgan fingerprint density at radius 3 is 2.45 bits per heavy atom. The maximum Gasteiger partial charge on any atom is 0.125 e. The van der Waals surface area contributed by atoms with E-state index < -0.39 is 0 Å². The summed E-state index contributed by atoms with van der Waals surface area (Å²) in [6, 6.07) is 13.7. The minimum Gasteiger partial charge on any atom is -0.378 e. The van der Waals surface area contributed by atoms with Gasteiger partial charge in [0.05, 0.1) is 0 Å². The Hall–Kier alpha value is -1.83. The third kappa shape index (κ3) is 3.60. The van der Waals surface area contributed by atoms with Gasteiger partial charge in [-0.05, 0) is 49.1 Å². The van der Waals surface area contributed by atoms with Gasteiger partial charge in [0.15, 0.2) is 0 Å². The van der Waals surface area contributed by atoms with Crippen molar-refractivity contribution in [1.29, 1.82) is 0 Å². The average molecular weight is 271 g/mol. The quantitative estimate of drug-likeness (QED) is 0.782. The summed E-state index contributed by atoms with van der Waals surface area (Å²) in [6.45, 7) is 6.27. The fraction of sp³-hybridized carbons (Fsp3) is 0.333. The molecule has 1 unspecified atom stereocenters. The highest BCUT2D eigenvalue weighted by Crippen LogP contribution is 2.23. The zero-order valence-electron chi connectivity index (χ0n) is 12.4. The second-order valence-electron chi connectivity index (χ2n) is 5.32. The number of nitrogens with one attached hydrogen (secondary N) is 1. The van der Waals surface area contributed by atoms with Crippen LogP contribution in [-0.2, 0) is 6.42 Å². The predicted octanol–water partition coefficient (Wildman–Crippen LogP) is 5.26. The lowest BCUT2D eigenvalue weighted by Gasteiger charge is -2.18. The minimum absolute atomic E-state index is 0.158. The number of hydrogen-bond donors (Lipinski definition) is 1. The predicted molar refractivity (Wildman–Crippen MR) is 83.6 cm³/mol. The van der Waals surface area contributed by atoms with Crippen molar-refractivity contribution in [2.24, 2.45) is 0 Å². The molecule has 0 heterocycles. The maximum atomic E-state index is 13.3. The Labute approximate surface area is 120 Å². The Morgan fingerprint density at radius 1 is 1.10 bits per heavy atom. The summed E-state index contributed by atoms with van der Waals surface area (Å²) < 4.78 is 13.3. The topological polar surface area (TPSA) is 12.0 Å². The lowest BCUT2D eigenvalue weighted by Crippen LogP contribution is -2.08. The second kappa shape index (κ2) is 6.56. The van der Waals surface area contributed by atoms with Gasteiger partial charge in [-0.2, -0.15) is 0 Å². The molecule has 2 rings (SSSR count).